The van der Waals surface area contributed by atoms with Crippen molar-refractivity contribution in [2.45, 2.75) is 39.7 Å². The first-order chi connectivity index (χ1) is 16.4. The summed E-state index contributed by atoms with van der Waals surface area (Å²) in [7, 11) is 0. The zero-order valence-corrected chi connectivity index (χ0v) is 20.2. The lowest BCUT2D eigenvalue weighted by Crippen LogP contribution is -2.38. The Kier molecular flexibility index (Phi) is 8.71. The van der Waals surface area contributed by atoms with Gasteiger partial charge in [-0.25, -0.2) is 0 Å². The summed E-state index contributed by atoms with van der Waals surface area (Å²) < 4.78 is 5.75. The molecule has 34 heavy (non-hydrogen) atoms. The van der Waals surface area contributed by atoms with Crippen molar-refractivity contribution in [2.24, 2.45) is 0 Å². The van der Waals surface area contributed by atoms with Gasteiger partial charge in [-0.05, 0) is 49.3 Å². The summed E-state index contributed by atoms with van der Waals surface area (Å²) in [5, 5.41) is 21.3. The molecule has 1 aliphatic rings. The Balaban J connectivity index is 2.04. The lowest BCUT2D eigenvalue weighted by atomic mass is 9.95. The fraction of sp³-hybridized carbons (Fsp3) is 0.407. The number of hydrogen-bond donors (Lipinski definition) is 2. The molecule has 2 aromatic carbocycles. The van der Waals surface area contributed by atoms with Gasteiger partial charge in [0.25, 0.3) is 11.7 Å². The minimum Gasteiger partial charge on any atom is -0.508 e. The number of likely N-dealkylation sites (N-methyl/N-ethyl adjacent to an activating group) is 1. The van der Waals surface area contributed by atoms with Gasteiger partial charge in [0.15, 0.2) is 0 Å². The summed E-state index contributed by atoms with van der Waals surface area (Å²) in [6, 6.07) is 12.6. The van der Waals surface area contributed by atoms with E-state index in [1.807, 2.05) is 13.8 Å². The van der Waals surface area contributed by atoms with Crippen LogP contribution in [-0.2, 0) is 9.59 Å². The second-order valence-corrected chi connectivity index (χ2v) is 8.34. The number of rotatable bonds is 11. The van der Waals surface area contributed by atoms with Crippen LogP contribution in [0.3, 0.4) is 0 Å². The Morgan fingerprint density at radius 3 is 2.47 bits per heavy atom. The average molecular weight is 467 g/mol. The van der Waals surface area contributed by atoms with Crippen molar-refractivity contribution in [2.75, 3.05) is 32.8 Å². The first kappa shape index (κ1) is 25.3. The number of hydrogen-bond acceptors (Lipinski definition) is 6. The number of benzene rings is 2. The third-order valence-electron chi connectivity index (χ3n) is 6.15. The second kappa shape index (κ2) is 11.7. The number of ether oxygens (including phenoxy) is 1. The van der Waals surface area contributed by atoms with Crippen molar-refractivity contribution >= 4 is 17.4 Å². The van der Waals surface area contributed by atoms with Crippen LogP contribution in [0.1, 0.15) is 50.8 Å². The molecule has 1 atom stereocenters. The number of Topliss-reactive ketones (excluding diaryl/α,β-unsaturated/α-hetero) is 1. The number of unbranched alkanes of at least 4 members (excludes halogenated alkanes) is 1. The Labute approximate surface area is 201 Å². The zero-order valence-electron chi connectivity index (χ0n) is 20.2. The van der Waals surface area contributed by atoms with Crippen LogP contribution in [0.15, 0.2) is 54.1 Å². The van der Waals surface area contributed by atoms with E-state index in [0.29, 0.717) is 36.6 Å². The fourth-order valence-corrected chi connectivity index (χ4v) is 4.16. The number of carbonyl (C=O) groups excluding carboxylic acids is 2. The Morgan fingerprint density at radius 2 is 1.79 bits per heavy atom. The number of aliphatic hydroxyl groups is 1. The van der Waals surface area contributed by atoms with E-state index in [2.05, 4.69) is 11.8 Å². The highest BCUT2D eigenvalue weighted by Gasteiger charge is 2.46. The van der Waals surface area contributed by atoms with Gasteiger partial charge in [-0.1, -0.05) is 51.5 Å². The molecule has 182 valence electrons. The maximum atomic E-state index is 13.2. The van der Waals surface area contributed by atoms with Gasteiger partial charge in [0.1, 0.15) is 17.3 Å². The van der Waals surface area contributed by atoms with E-state index in [1.54, 1.807) is 36.4 Å². The van der Waals surface area contributed by atoms with Crippen molar-refractivity contribution in [3.8, 4) is 11.5 Å². The van der Waals surface area contributed by atoms with Crippen molar-refractivity contribution < 1.29 is 24.5 Å². The second-order valence-electron chi connectivity index (χ2n) is 8.34. The van der Waals surface area contributed by atoms with Gasteiger partial charge in [-0.2, -0.15) is 0 Å². The van der Waals surface area contributed by atoms with Crippen molar-refractivity contribution in [1.82, 2.24) is 9.80 Å². The molecular formula is C27H34N2O5. The summed E-state index contributed by atoms with van der Waals surface area (Å²) in [6.07, 6.45) is 1.91. The smallest absolute Gasteiger partial charge is 0.295 e. The molecule has 0 saturated carbocycles. The van der Waals surface area contributed by atoms with Crippen molar-refractivity contribution in [3.05, 3.63) is 65.2 Å². The standard InChI is InChI=1S/C27H34N2O5/c1-4-7-16-34-22-13-9-11-20(18-22)25(31)23-24(19-10-8-12-21(30)17-19)29(27(33)26(23)32)15-14-28(5-2)6-3/h8-13,17-18,24,30-31H,4-7,14-16H2,1-3H3/b25-23+. The van der Waals surface area contributed by atoms with E-state index >= 15 is 0 Å². The van der Waals surface area contributed by atoms with E-state index in [1.165, 1.54) is 17.0 Å². The van der Waals surface area contributed by atoms with E-state index in [4.69, 9.17) is 4.74 Å². The summed E-state index contributed by atoms with van der Waals surface area (Å²) >= 11 is 0. The summed E-state index contributed by atoms with van der Waals surface area (Å²) in [6.45, 7) is 9.27. The summed E-state index contributed by atoms with van der Waals surface area (Å²) in [5.41, 5.74) is 0.984. The van der Waals surface area contributed by atoms with Crippen LogP contribution in [0.5, 0.6) is 11.5 Å². The Morgan fingerprint density at radius 1 is 1.06 bits per heavy atom. The maximum absolute atomic E-state index is 13.2. The van der Waals surface area contributed by atoms with Gasteiger partial charge in [0.05, 0.1) is 18.2 Å². The molecule has 1 amide bonds. The molecule has 7 nitrogen and oxygen atoms in total. The molecule has 1 aliphatic heterocycles. The number of likely N-dealkylation sites (tertiary alicyclic amines) is 1. The SMILES string of the molecule is CCCCOc1cccc(/C(O)=C2\C(=O)C(=O)N(CCN(CC)CC)C2c2cccc(O)c2)c1. The number of amides is 1. The van der Waals surface area contributed by atoms with Crippen LogP contribution in [-0.4, -0.2) is 64.5 Å². The molecule has 1 saturated heterocycles. The van der Waals surface area contributed by atoms with Crippen LogP contribution >= 0.6 is 0 Å². The molecule has 0 aliphatic carbocycles. The van der Waals surface area contributed by atoms with Crippen LogP contribution in [0.2, 0.25) is 0 Å². The third-order valence-corrected chi connectivity index (χ3v) is 6.15. The van der Waals surface area contributed by atoms with Crippen LogP contribution in [0, 0.1) is 0 Å². The molecule has 2 aromatic rings. The summed E-state index contributed by atoms with van der Waals surface area (Å²) in [5.74, 6) is -1.03. The monoisotopic (exact) mass is 466 g/mol. The van der Waals surface area contributed by atoms with Gasteiger partial charge in [0, 0.05) is 18.7 Å². The molecule has 3 rings (SSSR count). The van der Waals surface area contributed by atoms with E-state index in [-0.39, 0.29) is 17.1 Å². The predicted octanol–water partition coefficient (Wildman–Crippen LogP) is 4.33. The highest BCUT2D eigenvalue weighted by molar-refractivity contribution is 6.46. The molecule has 0 aromatic heterocycles. The van der Waals surface area contributed by atoms with Crippen molar-refractivity contribution in [1.29, 1.82) is 0 Å². The average Bonchev–Trinajstić information content (AvgIpc) is 3.09. The molecule has 0 bridgehead atoms. The predicted molar refractivity (Wildman–Crippen MR) is 132 cm³/mol. The first-order valence-electron chi connectivity index (χ1n) is 11.9. The number of phenols is 1. The molecular weight excluding hydrogens is 432 g/mol. The number of nitrogens with zero attached hydrogens (tertiary/aromatic N) is 2. The highest BCUT2D eigenvalue weighted by atomic mass is 16.5. The van der Waals surface area contributed by atoms with Crippen molar-refractivity contribution in [3.63, 3.8) is 0 Å². The number of aliphatic hydroxyl groups excluding tert-OH is 1. The largest absolute Gasteiger partial charge is 0.508 e. The van der Waals surface area contributed by atoms with Gasteiger partial charge in [-0.15, -0.1) is 0 Å². The van der Waals surface area contributed by atoms with Crippen LogP contribution in [0.4, 0.5) is 0 Å². The van der Waals surface area contributed by atoms with Gasteiger partial charge in [0.2, 0.25) is 0 Å². The van der Waals surface area contributed by atoms with Crippen LogP contribution < -0.4 is 4.74 Å². The van der Waals surface area contributed by atoms with E-state index < -0.39 is 17.7 Å². The topological polar surface area (TPSA) is 90.3 Å². The lowest BCUT2D eigenvalue weighted by molar-refractivity contribution is -0.140. The maximum Gasteiger partial charge on any atom is 0.295 e. The molecule has 2 N–H and O–H groups in total. The number of aromatic hydroxyl groups is 1. The lowest BCUT2D eigenvalue weighted by Gasteiger charge is -2.28. The highest BCUT2D eigenvalue weighted by Crippen LogP contribution is 2.40. The zero-order chi connectivity index (χ0) is 24.7. The molecule has 1 unspecified atom stereocenters. The minimum absolute atomic E-state index is 0.0147. The fourth-order valence-electron chi connectivity index (χ4n) is 4.16. The number of phenolic OH excluding ortho intramolecular Hbond substituents is 1. The Bertz CT molecular complexity index is 1040. The van der Waals surface area contributed by atoms with Gasteiger partial charge in [-0.3, -0.25) is 9.59 Å². The molecule has 7 heteroatoms. The Hall–Kier alpha value is -3.32. The van der Waals surface area contributed by atoms with E-state index in [9.17, 15) is 19.8 Å². The minimum atomic E-state index is -0.799. The van der Waals surface area contributed by atoms with Gasteiger partial charge < -0.3 is 24.7 Å². The molecule has 0 radical (unpaired) electrons. The third kappa shape index (κ3) is 5.59. The summed E-state index contributed by atoms with van der Waals surface area (Å²) in [4.78, 5) is 29.9. The van der Waals surface area contributed by atoms with Gasteiger partial charge >= 0.3 is 0 Å². The quantitative estimate of drug-likeness (QED) is 0.222. The molecule has 1 heterocycles. The van der Waals surface area contributed by atoms with Crippen LogP contribution in [0.25, 0.3) is 5.76 Å². The molecule has 1 fully saturated rings. The first-order valence-corrected chi connectivity index (χ1v) is 11.9. The normalized spacial score (nSPS) is 17.5. The number of ketones is 1. The number of carbonyl (C=O) groups is 2. The van der Waals surface area contributed by atoms with E-state index in [0.717, 1.165) is 25.9 Å². The molecule has 0 spiro atoms.